The number of nitrogens with one attached hydrogen (secondary N) is 1. The monoisotopic (exact) mass is 217 g/mol. The molecule has 2 heterocycles. The fourth-order valence-electron chi connectivity index (χ4n) is 2.40. The van der Waals surface area contributed by atoms with Crippen molar-refractivity contribution in [2.75, 3.05) is 6.54 Å². The standard InChI is InChI=1S/C12H14N2.C2H6/c1-14-11-5-3-2-4-9(11)10-8-13-7-6-12(10)14;1-2/h2-5,13H,6-8H2,1H3;1-2H3/i/hD. The van der Waals surface area contributed by atoms with E-state index in [1.54, 1.807) is 5.31 Å². The Labute approximate surface area is 98.7 Å². The summed E-state index contributed by atoms with van der Waals surface area (Å²) in [4.78, 5) is 0. The smallest absolute Gasteiger partial charge is 0.123 e. The van der Waals surface area contributed by atoms with Gasteiger partial charge in [-0.25, -0.2) is 0 Å². The molecule has 1 aromatic carbocycles. The Morgan fingerprint density at radius 2 is 2.06 bits per heavy atom. The van der Waals surface area contributed by atoms with Crippen LogP contribution in [0.5, 0.6) is 0 Å². The molecule has 1 N–H and O–H groups in total. The summed E-state index contributed by atoms with van der Waals surface area (Å²) >= 11 is 0. The van der Waals surface area contributed by atoms with Crippen molar-refractivity contribution in [1.29, 1.82) is 0 Å². The second-order valence-electron chi connectivity index (χ2n) is 3.86. The molecule has 0 fully saturated rings. The molecule has 0 radical (unpaired) electrons. The molecule has 0 bridgehead atoms. The highest BCUT2D eigenvalue weighted by atomic mass is 15.0. The largest absolute Gasteiger partial charge is 0.347 e. The van der Waals surface area contributed by atoms with Crippen LogP contribution in [0.15, 0.2) is 24.3 Å². The first kappa shape index (κ1) is 9.91. The summed E-state index contributed by atoms with van der Waals surface area (Å²) in [5.74, 6) is 0. The van der Waals surface area contributed by atoms with Crippen molar-refractivity contribution in [3.05, 3.63) is 35.5 Å². The van der Waals surface area contributed by atoms with Gasteiger partial charge in [0.15, 0.2) is 0 Å². The molecule has 0 unspecified atom stereocenters. The predicted octanol–water partition coefficient (Wildman–Crippen LogP) is 2.85. The van der Waals surface area contributed by atoms with Gasteiger partial charge in [-0.1, -0.05) is 32.0 Å². The molecule has 0 aliphatic carbocycles. The number of nitrogens with zero attached hydrogens (tertiary/aromatic N) is 1. The highest BCUT2D eigenvalue weighted by molar-refractivity contribution is 5.85. The first-order valence-electron chi connectivity index (χ1n) is 6.51. The van der Waals surface area contributed by atoms with Crippen LogP contribution in [-0.4, -0.2) is 11.1 Å². The van der Waals surface area contributed by atoms with E-state index in [0.717, 1.165) is 19.5 Å². The third-order valence-electron chi connectivity index (χ3n) is 3.12. The summed E-state index contributed by atoms with van der Waals surface area (Å²) in [5.41, 5.74) is 4.03. The lowest BCUT2D eigenvalue weighted by Crippen LogP contribution is -2.24. The molecule has 0 amide bonds. The first-order valence-corrected chi connectivity index (χ1v) is 6.06. The summed E-state index contributed by atoms with van der Waals surface area (Å²) in [6, 6.07) is 8.47. The SMILES string of the molecule is CC.[2H]N1CCc2c(c3ccccc3n2C)C1. The van der Waals surface area contributed by atoms with Crippen LogP contribution in [0.4, 0.5) is 0 Å². The maximum absolute atomic E-state index is 7.71. The number of aromatic nitrogens is 1. The molecule has 1 aromatic heterocycles. The van der Waals surface area contributed by atoms with Gasteiger partial charge in [0.2, 0.25) is 0 Å². The molecule has 0 saturated heterocycles. The number of hydrogen-bond acceptors (Lipinski definition) is 1. The molecular formula is C14H20N2. The van der Waals surface area contributed by atoms with Gasteiger partial charge in [0.25, 0.3) is 0 Å². The van der Waals surface area contributed by atoms with Crippen LogP contribution in [0, 0.1) is 0 Å². The molecule has 3 rings (SSSR count). The second kappa shape index (κ2) is 4.71. The highest BCUT2D eigenvalue weighted by Crippen LogP contribution is 2.26. The van der Waals surface area contributed by atoms with Gasteiger partial charge in [0.1, 0.15) is 1.41 Å². The van der Waals surface area contributed by atoms with Crippen LogP contribution in [0.1, 0.15) is 25.1 Å². The van der Waals surface area contributed by atoms with Gasteiger partial charge >= 0.3 is 0 Å². The maximum Gasteiger partial charge on any atom is 0.123 e. The van der Waals surface area contributed by atoms with Crippen molar-refractivity contribution in [1.82, 2.24) is 9.88 Å². The summed E-state index contributed by atoms with van der Waals surface area (Å²) in [7, 11) is 2.13. The average molecular weight is 217 g/mol. The van der Waals surface area contributed by atoms with Gasteiger partial charge in [-0.15, -0.1) is 0 Å². The van der Waals surface area contributed by atoms with Crippen molar-refractivity contribution in [2.24, 2.45) is 7.05 Å². The quantitative estimate of drug-likeness (QED) is 0.718. The number of benzene rings is 1. The van der Waals surface area contributed by atoms with Crippen molar-refractivity contribution in [3.63, 3.8) is 0 Å². The van der Waals surface area contributed by atoms with Crippen LogP contribution in [0.3, 0.4) is 0 Å². The van der Waals surface area contributed by atoms with Crippen LogP contribution in [-0.2, 0) is 20.0 Å². The minimum absolute atomic E-state index is 0.761. The van der Waals surface area contributed by atoms with Gasteiger partial charge in [-0.3, -0.25) is 0 Å². The molecule has 2 heteroatoms. The fourth-order valence-corrected chi connectivity index (χ4v) is 2.40. The second-order valence-corrected chi connectivity index (χ2v) is 3.86. The van der Waals surface area contributed by atoms with Gasteiger partial charge < -0.3 is 9.88 Å². The lowest BCUT2D eigenvalue weighted by atomic mass is 10.1. The maximum atomic E-state index is 7.71. The molecule has 2 aromatic rings. The minimum Gasteiger partial charge on any atom is -0.347 e. The molecular weight excluding hydrogens is 196 g/mol. The summed E-state index contributed by atoms with van der Waals surface area (Å²) < 4.78 is 9.99. The Kier molecular flexibility index (Phi) is 2.91. The lowest BCUT2D eigenvalue weighted by molar-refractivity contribution is 0.622. The Bertz CT molecular complexity index is 516. The van der Waals surface area contributed by atoms with Gasteiger partial charge in [-0.2, -0.15) is 0 Å². The van der Waals surface area contributed by atoms with E-state index in [0.29, 0.717) is 0 Å². The van der Waals surface area contributed by atoms with E-state index in [-0.39, 0.29) is 0 Å². The van der Waals surface area contributed by atoms with E-state index in [1.165, 1.54) is 22.2 Å². The zero-order valence-corrected chi connectivity index (χ0v) is 10.3. The average Bonchev–Trinajstić information content (AvgIpc) is 2.66. The zero-order chi connectivity index (χ0) is 12.4. The Morgan fingerprint density at radius 3 is 2.88 bits per heavy atom. The van der Waals surface area contributed by atoms with Crippen LogP contribution in [0.2, 0.25) is 1.41 Å². The summed E-state index contributed by atoms with van der Waals surface area (Å²) in [5, 5.41) is 2.96. The summed E-state index contributed by atoms with van der Waals surface area (Å²) in [6.07, 6.45) is 0.990. The number of hydrogen-bond donors (Lipinski definition) is 1. The van der Waals surface area contributed by atoms with Gasteiger partial charge in [0, 0.05) is 43.2 Å². The molecule has 0 saturated carbocycles. The number of fused-ring (bicyclic) bond motifs is 3. The molecule has 1 aliphatic heterocycles. The zero-order valence-electron chi connectivity index (χ0n) is 11.3. The van der Waals surface area contributed by atoms with Gasteiger partial charge in [-0.05, 0) is 11.6 Å². The third kappa shape index (κ3) is 1.63. The minimum atomic E-state index is 0.761. The van der Waals surface area contributed by atoms with Crippen molar-refractivity contribution in [2.45, 2.75) is 26.8 Å². The fraction of sp³-hybridized carbons (Fsp3) is 0.429. The van der Waals surface area contributed by atoms with E-state index in [1.807, 2.05) is 13.8 Å². The molecule has 0 spiro atoms. The highest BCUT2D eigenvalue weighted by Gasteiger charge is 2.16. The molecule has 16 heavy (non-hydrogen) atoms. The third-order valence-corrected chi connectivity index (χ3v) is 3.12. The lowest BCUT2D eigenvalue weighted by Gasteiger charge is -2.14. The topological polar surface area (TPSA) is 17.0 Å². The van der Waals surface area contributed by atoms with Crippen molar-refractivity contribution < 1.29 is 1.41 Å². The Morgan fingerprint density at radius 1 is 1.31 bits per heavy atom. The van der Waals surface area contributed by atoms with E-state index in [4.69, 9.17) is 1.41 Å². The van der Waals surface area contributed by atoms with E-state index in [2.05, 4.69) is 35.9 Å². The van der Waals surface area contributed by atoms with E-state index in [9.17, 15) is 0 Å². The molecule has 0 atom stereocenters. The predicted molar refractivity (Wildman–Crippen MR) is 69.7 cm³/mol. The van der Waals surface area contributed by atoms with Gasteiger partial charge in [0.05, 0.1) is 0 Å². The number of aryl methyl sites for hydroxylation is 1. The normalized spacial score (nSPS) is 16.3. The molecule has 2 nitrogen and oxygen atoms in total. The Balaban J connectivity index is 0.000000514. The van der Waals surface area contributed by atoms with Crippen molar-refractivity contribution in [3.8, 4) is 0 Å². The van der Waals surface area contributed by atoms with E-state index >= 15 is 0 Å². The van der Waals surface area contributed by atoms with Crippen LogP contribution in [0.25, 0.3) is 10.9 Å². The number of rotatable bonds is 0. The van der Waals surface area contributed by atoms with Crippen molar-refractivity contribution >= 4 is 10.9 Å². The molecule has 86 valence electrons. The Hall–Kier alpha value is -1.28. The number of para-hydroxylation sites is 1. The van der Waals surface area contributed by atoms with Crippen LogP contribution >= 0.6 is 0 Å². The van der Waals surface area contributed by atoms with E-state index < -0.39 is 0 Å². The van der Waals surface area contributed by atoms with Crippen LogP contribution < -0.4 is 5.31 Å². The summed E-state index contributed by atoms with van der Waals surface area (Å²) in [6.45, 7) is 5.61. The molecule has 1 aliphatic rings. The first-order chi connectivity index (χ1) is 8.27.